The van der Waals surface area contributed by atoms with Crippen molar-refractivity contribution in [2.75, 3.05) is 13.6 Å². The van der Waals surface area contributed by atoms with Gasteiger partial charge >= 0.3 is 5.97 Å². The Hall–Kier alpha value is -3.12. The predicted molar refractivity (Wildman–Crippen MR) is 151 cm³/mol. The molecule has 2 aromatic rings. The van der Waals surface area contributed by atoms with Crippen molar-refractivity contribution < 1.29 is 48.6 Å². The number of carbonyl (C=O) groups is 2. The van der Waals surface area contributed by atoms with Crippen molar-refractivity contribution >= 4 is 11.8 Å². The van der Waals surface area contributed by atoms with Crippen LogP contribution in [0.25, 0.3) is 0 Å². The number of ether oxygens (including phenoxy) is 5. The van der Waals surface area contributed by atoms with E-state index in [0.717, 1.165) is 11.1 Å². The highest BCUT2D eigenvalue weighted by atomic mass is 16.7. The third-order valence-electron chi connectivity index (χ3n) is 10.4. The van der Waals surface area contributed by atoms with Crippen molar-refractivity contribution in [1.82, 2.24) is 0 Å². The van der Waals surface area contributed by atoms with Crippen LogP contribution in [0.15, 0.2) is 72.0 Å². The molecule has 43 heavy (non-hydrogen) atoms. The summed E-state index contributed by atoms with van der Waals surface area (Å²) in [6.07, 6.45) is -0.832. The van der Waals surface area contributed by atoms with E-state index in [9.17, 15) is 24.9 Å². The summed E-state index contributed by atoms with van der Waals surface area (Å²) in [6.45, 7) is 4.71. The summed E-state index contributed by atoms with van der Waals surface area (Å²) < 4.78 is 30.8. The molecule has 0 spiro atoms. The number of carbonyl (C=O) groups excluding carboxylic acids is 2. The predicted octanol–water partition coefficient (Wildman–Crippen LogP) is 3.49. The second kappa shape index (κ2) is 10.5. The molecule has 1 aliphatic heterocycles. The topological polar surface area (TPSA) is 141 Å². The van der Waals surface area contributed by atoms with E-state index in [1.165, 1.54) is 6.92 Å². The Morgan fingerprint density at radius 3 is 2.09 bits per heavy atom. The molecule has 7 atom stereocenters. The maximum atomic E-state index is 13.7. The molecule has 10 nitrogen and oxygen atoms in total. The van der Waals surface area contributed by atoms with Gasteiger partial charge in [-0.2, -0.15) is 0 Å². The van der Waals surface area contributed by atoms with Crippen LogP contribution in [0.4, 0.5) is 0 Å². The van der Waals surface area contributed by atoms with E-state index in [1.807, 2.05) is 67.6 Å². The Balaban J connectivity index is 1.41. The van der Waals surface area contributed by atoms with Crippen LogP contribution < -0.4 is 0 Å². The maximum absolute atomic E-state index is 13.7. The highest BCUT2D eigenvalue weighted by Crippen LogP contribution is 2.77. The number of Topliss-reactive ketones (excluding diaryl/α,β-unsaturated/α-hetero) is 1. The van der Waals surface area contributed by atoms with E-state index >= 15 is 0 Å². The second-order valence-corrected chi connectivity index (χ2v) is 12.4. The minimum atomic E-state index is -2.66. The minimum Gasteiger partial charge on any atom is -0.504 e. The first-order valence-corrected chi connectivity index (χ1v) is 14.6. The van der Waals surface area contributed by atoms with Gasteiger partial charge in [-0.1, -0.05) is 74.5 Å². The zero-order chi connectivity index (χ0) is 30.7. The molecule has 0 amide bonds. The van der Waals surface area contributed by atoms with Gasteiger partial charge in [0.05, 0.1) is 25.0 Å². The van der Waals surface area contributed by atoms with Gasteiger partial charge in [-0.25, -0.2) is 0 Å². The Kier molecular flexibility index (Phi) is 7.31. The van der Waals surface area contributed by atoms with E-state index in [1.54, 1.807) is 6.92 Å². The second-order valence-electron chi connectivity index (χ2n) is 12.4. The molecular formula is C33H38O10. The number of aliphatic hydroxyl groups is 3. The fraction of sp³-hybridized carbons (Fsp3) is 0.515. The number of rotatable bonds is 10. The molecule has 1 heterocycles. The van der Waals surface area contributed by atoms with Gasteiger partial charge < -0.3 is 39.0 Å². The summed E-state index contributed by atoms with van der Waals surface area (Å²) in [5.41, 5.74) is -9.10. The van der Waals surface area contributed by atoms with Crippen molar-refractivity contribution in [1.29, 1.82) is 0 Å². The lowest BCUT2D eigenvalue weighted by molar-refractivity contribution is -0.346. The van der Waals surface area contributed by atoms with E-state index in [2.05, 4.69) is 0 Å². The number of hydrogen-bond donors (Lipinski definition) is 3. The van der Waals surface area contributed by atoms with E-state index in [0.29, 0.717) is 6.42 Å². The van der Waals surface area contributed by atoms with Gasteiger partial charge in [-0.3, -0.25) is 9.59 Å². The number of esters is 1. The first kappa shape index (κ1) is 29.9. The third-order valence-corrected chi connectivity index (χ3v) is 10.4. The van der Waals surface area contributed by atoms with Crippen LogP contribution in [0.5, 0.6) is 0 Å². The number of benzene rings is 2. The summed E-state index contributed by atoms with van der Waals surface area (Å²) in [5, 5.41) is 36.1. The number of fused-ring (bicyclic) bond motifs is 2. The summed E-state index contributed by atoms with van der Waals surface area (Å²) in [5.74, 6) is -2.91. The van der Waals surface area contributed by atoms with E-state index in [4.69, 9.17) is 23.7 Å². The Bertz CT molecular complexity index is 1430. The normalized spacial score (nSPS) is 38.2. The number of hydrogen-bond acceptors (Lipinski definition) is 10. The molecule has 2 bridgehead atoms. The van der Waals surface area contributed by atoms with Crippen LogP contribution in [-0.2, 0) is 46.5 Å². The summed E-state index contributed by atoms with van der Waals surface area (Å²) in [4.78, 5) is 27.2. The van der Waals surface area contributed by atoms with Gasteiger partial charge in [0.25, 0.3) is 0 Å². The van der Waals surface area contributed by atoms with Crippen LogP contribution >= 0.6 is 0 Å². The largest absolute Gasteiger partial charge is 0.504 e. The van der Waals surface area contributed by atoms with Crippen LogP contribution in [0.1, 0.15) is 51.2 Å². The summed E-state index contributed by atoms with van der Waals surface area (Å²) in [6, 6.07) is 19.0. The Labute approximate surface area is 250 Å². The van der Waals surface area contributed by atoms with Crippen molar-refractivity contribution in [3.8, 4) is 0 Å². The summed E-state index contributed by atoms with van der Waals surface area (Å²) in [7, 11) is 0. The molecule has 2 saturated carbocycles. The quantitative estimate of drug-likeness (QED) is 0.213. The zero-order valence-electron chi connectivity index (χ0n) is 24.6. The molecule has 4 unspecified atom stereocenters. The van der Waals surface area contributed by atoms with Crippen LogP contribution in [0, 0.1) is 11.3 Å². The lowest BCUT2D eigenvalue weighted by Crippen LogP contribution is -2.78. The SMILES string of the molecule is CC1=C(O)C(=O)[C@]2(O)C1(O)C13OC(=O)C[C@@]2(C)[C@@]1(OCOCc1ccccc1)CCC(C)C3OCOCc1ccccc1. The molecule has 10 heteroatoms. The first-order chi connectivity index (χ1) is 20.5. The van der Waals surface area contributed by atoms with Gasteiger partial charge in [0, 0.05) is 5.57 Å². The lowest BCUT2D eigenvalue weighted by atomic mass is 9.55. The van der Waals surface area contributed by atoms with Crippen molar-refractivity contribution in [3.05, 3.63) is 83.1 Å². The molecule has 2 aromatic carbocycles. The molecular weight excluding hydrogens is 556 g/mol. The standard InChI is InChI=1S/C33H38O10/c1-21-14-15-30(42-20-40-18-24-12-8-5-9-13-24)29(3)16-25(34)43-33(30,31(37)22(2)26(35)27(36)32(29,31)38)28(21)41-19-39-17-23-10-6-4-7-11-23/h4-13,21,28,35,37-38H,14-20H2,1-3H3/t21?,28?,29-,30-,31?,32+,33?/m0/s1. The van der Waals surface area contributed by atoms with Crippen LogP contribution in [0.3, 0.4) is 0 Å². The average Bonchev–Trinajstić information content (AvgIpc) is 3.17. The molecule has 3 fully saturated rings. The van der Waals surface area contributed by atoms with Crippen molar-refractivity contribution in [3.63, 3.8) is 0 Å². The molecule has 0 aromatic heterocycles. The molecule has 230 valence electrons. The van der Waals surface area contributed by atoms with Crippen molar-refractivity contribution in [2.24, 2.45) is 11.3 Å². The number of aliphatic hydroxyl groups excluding tert-OH is 1. The van der Waals surface area contributed by atoms with Gasteiger partial charge in [-0.15, -0.1) is 0 Å². The molecule has 0 radical (unpaired) electrons. The van der Waals surface area contributed by atoms with Crippen LogP contribution in [0.2, 0.25) is 0 Å². The Morgan fingerprint density at radius 1 is 0.907 bits per heavy atom. The van der Waals surface area contributed by atoms with Gasteiger partial charge in [0.1, 0.15) is 25.3 Å². The lowest BCUT2D eigenvalue weighted by Gasteiger charge is -2.61. The fourth-order valence-corrected chi connectivity index (χ4v) is 8.36. The molecule has 6 rings (SSSR count). The van der Waals surface area contributed by atoms with E-state index < -0.39 is 57.9 Å². The first-order valence-electron chi connectivity index (χ1n) is 14.6. The van der Waals surface area contributed by atoms with Crippen LogP contribution in [-0.4, -0.2) is 69.2 Å². The average molecular weight is 595 g/mol. The van der Waals surface area contributed by atoms with Gasteiger partial charge in [0.15, 0.2) is 17.0 Å². The monoisotopic (exact) mass is 594 g/mol. The fourth-order valence-electron chi connectivity index (χ4n) is 8.36. The smallest absolute Gasteiger partial charge is 0.307 e. The third kappa shape index (κ3) is 3.74. The Morgan fingerprint density at radius 2 is 1.49 bits per heavy atom. The van der Waals surface area contributed by atoms with E-state index in [-0.39, 0.29) is 44.7 Å². The van der Waals surface area contributed by atoms with Gasteiger partial charge in [-0.05, 0) is 36.8 Å². The summed E-state index contributed by atoms with van der Waals surface area (Å²) >= 11 is 0. The van der Waals surface area contributed by atoms with Crippen molar-refractivity contribution in [2.45, 2.75) is 81.8 Å². The molecule has 1 saturated heterocycles. The highest BCUT2D eigenvalue weighted by Gasteiger charge is 2.97. The molecule has 3 N–H and O–H groups in total. The number of ketones is 1. The molecule has 3 aliphatic carbocycles. The maximum Gasteiger partial charge on any atom is 0.307 e. The highest BCUT2D eigenvalue weighted by molar-refractivity contribution is 6.08. The molecule has 4 aliphatic rings. The van der Waals surface area contributed by atoms with Gasteiger partial charge in [0.2, 0.25) is 11.4 Å². The minimum absolute atomic E-state index is 0.204. The zero-order valence-corrected chi connectivity index (χ0v) is 24.6.